The Kier molecular flexibility index (Phi) is 3.03. The van der Waals surface area contributed by atoms with E-state index < -0.39 is 9.84 Å². The minimum absolute atomic E-state index is 0.0286. The number of ether oxygens (including phenoxy) is 1. The molecule has 1 aliphatic heterocycles. The molecule has 0 spiro atoms. The van der Waals surface area contributed by atoms with E-state index in [0.29, 0.717) is 23.9 Å². The zero-order valence-corrected chi connectivity index (χ0v) is 10.7. The molecule has 1 aliphatic rings. The Hall–Kier alpha value is -0.520. The van der Waals surface area contributed by atoms with E-state index in [1.807, 2.05) is 12.1 Å². The molecule has 1 heterocycles. The standard InChI is InChI=1S/C11H14O3S2/c1-16(12,13)10-4-2-9(3-5-10)11(8-15)6-14-7-11/h2-5,15H,6-8H2,1H3. The van der Waals surface area contributed by atoms with Crippen molar-refractivity contribution in [1.29, 1.82) is 0 Å². The molecule has 0 aromatic heterocycles. The second-order valence-electron chi connectivity index (χ2n) is 4.23. The fraction of sp³-hybridized carbons (Fsp3) is 0.455. The smallest absolute Gasteiger partial charge is 0.175 e. The fourth-order valence-corrected chi connectivity index (χ4v) is 2.75. The molecule has 1 saturated heterocycles. The second kappa shape index (κ2) is 4.05. The first-order valence-electron chi connectivity index (χ1n) is 4.97. The van der Waals surface area contributed by atoms with Crippen LogP contribution in [0.5, 0.6) is 0 Å². The number of sulfone groups is 1. The maximum absolute atomic E-state index is 11.3. The molecule has 5 heteroatoms. The van der Waals surface area contributed by atoms with Crippen molar-refractivity contribution in [2.24, 2.45) is 0 Å². The van der Waals surface area contributed by atoms with E-state index in [2.05, 4.69) is 12.6 Å². The molecule has 0 aliphatic carbocycles. The summed E-state index contributed by atoms with van der Waals surface area (Å²) in [6.07, 6.45) is 1.21. The Morgan fingerprint density at radius 2 is 1.88 bits per heavy atom. The Morgan fingerprint density at radius 3 is 2.19 bits per heavy atom. The van der Waals surface area contributed by atoms with Crippen molar-refractivity contribution in [1.82, 2.24) is 0 Å². The average molecular weight is 258 g/mol. The van der Waals surface area contributed by atoms with Crippen LogP contribution >= 0.6 is 12.6 Å². The van der Waals surface area contributed by atoms with Gasteiger partial charge in [-0.1, -0.05) is 12.1 Å². The van der Waals surface area contributed by atoms with Crippen molar-refractivity contribution in [2.45, 2.75) is 10.3 Å². The van der Waals surface area contributed by atoms with Gasteiger partial charge in [0, 0.05) is 12.0 Å². The number of hydrogen-bond donors (Lipinski definition) is 1. The van der Waals surface area contributed by atoms with Crippen molar-refractivity contribution in [3.05, 3.63) is 29.8 Å². The van der Waals surface area contributed by atoms with Gasteiger partial charge in [0.05, 0.1) is 23.5 Å². The summed E-state index contributed by atoms with van der Waals surface area (Å²) in [5.74, 6) is 0.714. The van der Waals surface area contributed by atoms with Gasteiger partial charge >= 0.3 is 0 Å². The largest absolute Gasteiger partial charge is 0.379 e. The van der Waals surface area contributed by atoms with Crippen LogP contribution in [0.3, 0.4) is 0 Å². The minimum Gasteiger partial charge on any atom is -0.379 e. The lowest BCUT2D eigenvalue weighted by molar-refractivity contribution is -0.0471. The summed E-state index contributed by atoms with van der Waals surface area (Å²) in [7, 11) is -3.11. The van der Waals surface area contributed by atoms with Crippen molar-refractivity contribution in [3.8, 4) is 0 Å². The summed E-state index contributed by atoms with van der Waals surface area (Å²) in [5, 5.41) is 0. The van der Waals surface area contributed by atoms with E-state index in [1.165, 1.54) is 6.26 Å². The van der Waals surface area contributed by atoms with Crippen LogP contribution in [-0.2, 0) is 20.0 Å². The maximum atomic E-state index is 11.3. The highest BCUT2D eigenvalue weighted by Crippen LogP contribution is 2.33. The number of hydrogen-bond acceptors (Lipinski definition) is 4. The van der Waals surface area contributed by atoms with E-state index in [1.54, 1.807) is 12.1 Å². The summed E-state index contributed by atoms with van der Waals surface area (Å²) in [6, 6.07) is 7.01. The molecular weight excluding hydrogens is 244 g/mol. The van der Waals surface area contributed by atoms with Crippen molar-refractivity contribution < 1.29 is 13.2 Å². The Bertz CT molecular complexity index is 467. The molecule has 0 amide bonds. The molecule has 0 radical (unpaired) electrons. The van der Waals surface area contributed by atoms with Gasteiger partial charge < -0.3 is 4.74 Å². The highest BCUT2D eigenvalue weighted by Gasteiger charge is 2.38. The molecule has 0 bridgehead atoms. The molecule has 0 saturated carbocycles. The van der Waals surface area contributed by atoms with Crippen LogP contribution in [-0.4, -0.2) is 33.6 Å². The van der Waals surface area contributed by atoms with Gasteiger partial charge in [0.25, 0.3) is 0 Å². The molecule has 16 heavy (non-hydrogen) atoms. The van der Waals surface area contributed by atoms with Crippen LogP contribution in [0.4, 0.5) is 0 Å². The van der Waals surface area contributed by atoms with Crippen LogP contribution in [0, 0.1) is 0 Å². The molecule has 0 N–H and O–H groups in total. The van der Waals surface area contributed by atoms with Crippen molar-refractivity contribution in [2.75, 3.05) is 25.2 Å². The molecule has 2 rings (SSSR count). The molecule has 1 fully saturated rings. The lowest BCUT2D eigenvalue weighted by Gasteiger charge is -2.40. The number of rotatable bonds is 3. The fourth-order valence-electron chi connectivity index (χ4n) is 1.75. The predicted octanol–water partition coefficient (Wildman–Crippen LogP) is 1.29. The molecule has 1 aromatic rings. The van der Waals surface area contributed by atoms with Gasteiger partial charge in [-0.25, -0.2) is 8.42 Å². The van der Waals surface area contributed by atoms with E-state index >= 15 is 0 Å². The number of thiol groups is 1. The third-order valence-electron chi connectivity index (χ3n) is 2.95. The summed E-state index contributed by atoms with van der Waals surface area (Å²) >= 11 is 4.33. The van der Waals surface area contributed by atoms with Crippen LogP contribution in [0.15, 0.2) is 29.2 Å². The van der Waals surface area contributed by atoms with Gasteiger partial charge in [0.2, 0.25) is 0 Å². The van der Waals surface area contributed by atoms with Gasteiger partial charge in [-0.05, 0) is 17.7 Å². The SMILES string of the molecule is CS(=O)(=O)c1ccc(C2(CS)COC2)cc1. The van der Waals surface area contributed by atoms with E-state index in [4.69, 9.17) is 4.74 Å². The lowest BCUT2D eigenvalue weighted by Crippen LogP contribution is -2.48. The quantitative estimate of drug-likeness (QED) is 0.831. The van der Waals surface area contributed by atoms with Crippen LogP contribution < -0.4 is 0 Å². The van der Waals surface area contributed by atoms with Gasteiger partial charge in [0.1, 0.15) is 0 Å². The first kappa shape index (κ1) is 12.0. The predicted molar refractivity (Wildman–Crippen MR) is 65.9 cm³/mol. The first-order chi connectivity index (χ1) is 7.48. The third kappa shape index (κ3) is 1.99. The normalized spacial score (nSPS) is 19.1. The van der Waals surface area contributed by atoms with Crippen LogP contribution in [0.25, 0.3) is 0 Å². The summed E-state index contributed by atoms with van der Waals surface area (Å²) < 4.78 is 27.8. The van der Waals surface area contributed by atoms with Gasteiger partial charge in [0.15, 0.2) is 9.84 Å². The summed E-state index contributed by atoms with van der Waals surface area (Å²) in [5.41, 5.74) is 1.07. The minimum atomic E-state index is -3.11. The van der Waals surface area contributed by atoms with Crippen LogP contribution in [0.2, 0.25) is 0 Å². The molecule has 0 atom stereocenters. The maximum Gasteiger partial charge on any atom is 0.175 e. The summed E-state index contributed by atoms with van der Waals surface area (Å²) in [6.45, 7) is 1.32. The summed E-state index contributed by atoms with van der Waals surface area (Å²) in [4.78, 5) is 0.353. The molecule has 88 valence electrons. The van der Waals surface area contributed by atoms with E-state index in [-0.39, 0.29) is 5.41 Å². The molecular formula is C11H14O3S2. The monoisotopic (exact) mass is 258 g/mol. The number of benzene rings is 1. The lowest BCUT2D eigenvalue weighted by atomic mass is 9.80. The molecule has 3 nitrogen and oxygen atoms in total. The zero-order valence-electron chi connectivity index (χ0n) is 9.01. The van der Waals surface area contributed by atoms with Crippen LogP contribution in [0.1, 0.15) is 5.56 Å². The first-order valence-corrected chi connectivity index (χ1v) is 7.50. The van der Waals surface area contributed by atoms with Crippen molar-refractivity contribution in [3.63, 3.8) is 0 Å². The zero-order chi connectivity index (χ0) is 11.8. The average Bonchev–Trinajstić information content (AvgIpc) is 2.16. The van der Waals surface area contributed by atoms with E-state index in [9.17, 15) is 8.42 Å². The topological polar surface area (TPSA) is 43.4 Å². The molecule has 1 aromatic carbocycles. The van der Waals surface area contributed by atoms with Gasteiger partial charge in [-0.15, -0.1) is 0 Å². The highest BCUT2D eigenvalue weighted by molar-refractivity contribution is 7.90. The van der Waals surface area contributed by atoms with Gasteiger partial charge in [-0.3, -0.25) is 0 Å². The Morgan fingerprint density at radius 1 is 1.31 bits per heavy atom. The second-order valence-corrected chi connectivity index (χ2v) is 6.56. The Balaban J connectivity index is 2.33. The Labute approximate surface area is 101 Å². The molecule has 0 unspecified atom stereocenters. The van der Waals surface area contributed by atoms with E-state index in [0.717, 1.165) is 5.56 Å². The van der Waals surface area contributed by atoms with Crippen molar-refractivity contribution >= 4 is 22.5 Å². The highest BCUT2D eigenvalue weighted by atomic mass is 32.2. The third-order valence-corrected chi connectivity index (χ3v) is 4.69. The van der Waals surface area contributed by atoms with Gasteiger partial charge in [-0.2, -0.15) is 12.6 Å².